The van der Waals surface area contributed by atoms with Gasteiger partial charge in [0.25, 0.3) is 0 Å². The summed E-state index contributed by atoms with van der Waals surface area (Å²) in [4.78, 5) is 32.0. The van der Waals surface area contributed by atoms with Crippen LogP contribution in [0.2, 0.25) is 0 Å². The van der Waals surface area contributed by atoms with Gasteiger partial charge in [0.2, 0.25) is 11.8 Å². The van der Waals surface area contributed by atoms with Gasteiger partial charge in [-0.2, -0.15) is 0 Å². The molecule has 1 aliphatic heterocycles. The summed E-state index contributed by atoms with van der Waals surface area (Å²) in [7, 11) is 0. The molecule has 5 nitrogen and oxygen atoms in total. The van der Waals surface area contributed by atoms with Crippen LogP contribution in [0.15, 0.2) is 54.7 Å². The number of piperazine rings is 1. The van der Waals surface area contributed by atoms with Gasteiger partial charge in [-0.25, -0.2) is 4.39 Å². The van der Waals surface area contributed by atoms with Crippen LogP contribution in [0.5, 0.6) is 0 Å². The second-order valence-corrected chi connectivity index (χ2v) is 7.78. The van der Waals surface area contributed by atoms with Crippen LogP contribution in [0.25, 0.3) is 10.9 Å². The summed E-state index contributed by atoms with van der Waals surface area (Å²) in [5, 5.41) is 1.22. The van der Waals surface area contributed by atoms with Crippen molar-refractivity contribution in [2.24, 2.45) is 0 Å². The number of nitrogens with zero attached hydrogens (tertiary/aromatic N) is 2. The molecule has 1 aromatic heterocycles. The number of fused-ring (bicyclic) bond motifs is 1. The van der Waals surface area contributed by atoms with Crippen LogP contribution in [0.1, 0.15) is 24.0 Å². The quantitative estimate of drug-likeness (QED) is 0.680. The van der Waals surface area contributed by atoms with E-state index in [0.717, 1.165) is 23.9 Å². The van der Waals surface area contributed by atoms with E-state index in [4.69, 9.17) is 0 Å². The minimum atomic E-state index is -0.303. The number of carbonyl (C=O) groups excluding carboxylic acids is 2. The molecule has 0 aliphatic carbocycles. The van der Waals surface area contributed by atoms with Crippen molar-refractivity contribution in [2.75, 3.05) is 26.2 Å². The van der Waals surface area contributed by atoms with E-state index < -0.39 is 0 Å². The highest BCUT2D eigenvalue weighted by Gasteiger charge is 2.23. The Labute approximate surface area is 175 Å². The molecule has 0 radical (unpaired) electrons. The fourth-order valence-corrected chi connectivity index (χ4v) is 4.02. The third kappa shape index (κ3) is 4.70. The predicted octanol–water partition coefficient (Wildman–Crippen LogP) is 3.54. The number of carbonyl (C=O) groups is 2. The lowest BCUT2D eigenvalue weighted by atomic mass is 10.1. The molecule has 0 atom stereocenters. The standard InChI is InChI=1S/C24H26FN3O2/c25-20-10-8-18(9-11-20)16-24(30)28-14-12-27(13-15-28)23(29)7-3-4-19-17-26-22-6-2-1-5-21(19)22/h1-2,5-6,8-11,17,26H,3-4,7,12-16H2. The molecular weight excluding hydrogens is 381 g/mol. The fourth-order valence-electron chi connectivity index (χ4n) is 4.02. The van der Waals surface area contributed by atoms with Gasteiger partial charge in [-0.1, -0.05) is 30.3 Å². The number of aryl methyl sites for hydroxylation is 1. The number of nitrogens with one attached hydrogen (secondary N) is 1. The van der Waals surface area contributed by atoms with E-state index in [1.807, 2.05) is 23.2 Å². The van der Waals surface area contributed by atoms with E-state index in [0.29, 0.717) is 32.6 Å². The zero-order valence-corrected chi connectivity index (χ0v) is 16.9. The van der Waals surface area contributed by atoms with Gasteiger partial charge in [-0.3, -0.25) is 9.59 Å². The zero-order chi connectivity index (χ0) is 20.9. The number of hydrogen-bond donors (Lipinski definition) is 1. The van der Waals surface area contributed by atoms with Gasteiger partial charge in [0.15, 0.2) is 0 Å². The SMILES string of the molecule is O=C(CCCc1c[nH]c2ccccc12)N1CCN(C(=O)Cc2ccc(F)cc2)CC1. The van der Waals surface area contributed by atoms with Crippen molar-refractivity contribution in [3.05, 3.63) is 71.7 Å². The zero-order valence-electron chi connectivity index (χ0n) is 16.9. The van der Waals surface area contributed by atoms with E-state index in [9.17, 15) is 14.0 Å². The molecule has 0 saturated carbocycles. The van der Waals surface area contributed by atoms with Gasteiger partial charge in [0.05, 0.1) is 6.42 Å². The summed E-state index contributed by atoms with van der Waals surface area (Å²) in [6, 6.07) is 14.2. The Morgan fingerprint density at radius 1 is 0.900 bits per heavy atom. The van der Waals surface area contributed by atoms with Crippen molar-refractivity contribution in [3.8, 4) is 0 Å². The first-order chi connectivity index (χ1) is 14.6. The molecule has 0 unspecified atom stereocenters. The summed E-state index contributed by atoms with van der Waals surface area (Å²) >= 11 is 0. The Morgan fingerprint density at radius 2 is 1.57 bits per heavy atom. The maximum atomic E-state index is 13.0. The average molecular weight is 407 g/mol. The van der Waals surface area contributed by atoms with Crippen LogP contribution in [-0.4, -0.2) is 52.8 Å². The third-order valence-electron chi connectivity index (χ3n) is 5.77. The van der Waals surface area contributed by atoms with Gasteiger partial charge in [-0.05, 0) is 42.2 Å². The maximum absolute atomic E-state index is 13.0. The van der Waals surface area contributed by atoms with Gasteiger partial charge in [0.1, 0.15) is 5.82 Å². The van der Waals surface area contributed by atoms with Gasteiger partial charge in [0, 0.05) is 49.7 Å². The molecule has 1 N–H and O–H groups in total. The molecule has 1 aliphatic rings. The summed E-state index contributed by atoms with van der Waals surface area (Å²) in [6.07, 6.45) is 4.48. The van der Waals surface area contributed by atoms with Crippen LogP contribution in [0, 0.1) is 5.82 Å². The van der Waals surface area contributed by atoms with Crippen molar-refractivity contribution in [2.45, 2.75) is 25.7 Å². The molecule has 1 fully saturated rings. The molecule has 0 spiro atoms. The molecule has 156 valence electrons. The number of para-hydroxylation sites is 1. The van der Waals surface area contributed by atoms with Crippen LogP contribution < -0.4 is 0 Å². The van der Waals surface area contributed by atoms with Gasteiger partial charge >= 0.3 is 0 Å². The van der Waals surface area contributed by atoms with Crippen molar-refractivity contribution in [3.63, 3.8) is 0 Å². The van der Waals surface area contributed by atoms with E-state index in [2.05, 4.69) is 17.1 Å². The highest BCUT2D eigenvalue weighted by molar-refractivity contribution is 5.83. The van der Waals surface area contributed by atoms with Crippen LogP contribution in [0.4, 0.5) is 4.39 Å². The van der Waals surface area contributed by atoms with Crippen LogP contribution in [-0.2, 0) is 22.4 Å². The Bertz CT molecular complexity index is 1020. The third-order valence-corrected chi connectivity index (χ3v) is 5.77. The van der Waals surface area contributed by atoms with E-state index >= 15 is 0 Å². The summed E-state index contributed by atoms with van der Waals surface area (Å²) < 4.78 is 13.0. The normalized spacial score (nSPS) is 14.3. The lowest BCUT2D eigenvalue weighted by Crippen LogP contribution is -2.51. The number of hydrogen-bond acceptors (Lipinski definition) is 2. The number of rotatable bonds is 6. The summed E-state index contributed by atoms with van der Waals surface area (Å²) in [5.41, 5.74) is 3.17. The van der Waals surface area contributed by atoms with Crippen molar-refractivity contribution in [1.82, 2.24) is 14.8 Å². The number of H-pyrrole nitrogens is 1. The number of benzene rings is 2. The Balaban J connectivity index is 1.21. The molecule has 3 aromatic rings. The molecule has 2 amide bonds. The number of aromatic amines is 1. The summed E-state index contributed by atoms with van der Waals surface area (Å²) in [5.74, 6) is -0.128. The Kier molecular flexibility index (Phi) is 6.12. The first kappa shape index (κ1) is 20.1. The minimum absolute atomic E-state index is 0.0213. The van der Waals surface area contributed by atoms with E-state index in [-0.39, 0.29) is 24.1 Å². The molecule has 4 rings (SSSR count). The lowest BCUT2D eigenvalue weighted by molar-refractivity contribution is -0.139. The Morgan fingerprint density at radius 3 is 2.30 bits per heavy atom. The fraction of sp³-hybridized carbons (Fsp3) is 0.333. The smallest absolute Gasteiger partial charge is 0.227 e. The second-order valence-electron chi connectivity index (χ2n) is 7.78. The van der Waals surface area contributed by atoms with Crippen molar-refractivity contribution >= 4 is 22.7 Å². The molecule has 1 saturated heterocycles. The number of aromatic nitrogens is 1. The highest BCUT2D eigenvalue weighted by Crippen LogP contribution is 2.20. The van der Waals surface area contributed by atoms with Crippen LogP contribution >= 0.6 is 0 Å². The number of halogens is 1. The van der Waals surface area contributed by atoms with Crippen LogP contribution in [0.3, 0.4) is 0 Å². The molecule has 6 heteroatoms. The average Bonchev–Trinajstić information content (AvgIpc) is 3.18. The predicted molar refractivity (Wildman–Crippen MR) is 115 cm³/mol. The first-order valence-corrected chi connectivity index (χ1v) is 10.4. The highest BCUT2D eigenvalue weighted by atomic mass is 19.1. The van der Waals surface area contributed by atoms with Crippen molar-refractivity contribution in [1.29, 1.82) is 0 Å². The molecular formula is C24H26FN3O2. The largest absolute Gasteiger partial charge is 0.361 e. The maximum Gasteiger partial charge on any atom is 0.227 e. The summed E-state index contributed by atoms with van der Waals surface area (Å²) in [6.45, 7) is 2.24. The molecule has 0 bridgehead atoms. The topological polar surface area (TPSA) is 56.4 Å². The van der Waals surface area contributed by atoms with Gasteiger partial charge < -0.3 is 14.8 Å². The lowest BCUT2D eigenvalue weighted by Gasteiger charge is -2.35. The van der Waals surface area contributed by atoms with Gasteiger partial charge in [-0.15, -0.1) is 0 Å². The molecule has 30 heavy (non-hydrogen) atoms. The molecule has 2 aromatic carbocycles. The first-order valence-electron chi connectivity index (χ1n) is 10.4. The second kappa shape index (κ2) is 9.11. The monoisotopic (exact) mass is 407 g/mol. The molecule has 2 heterocycles. The minimum Gasteiger partial charge on any atom is -0.361 e. The van der Waals surface area contributed by atoms with E-state index in [1.165, 1.54) is 23.1 Å². The number of amides is 2. The van der Waals surface area contributed by atoms with Crippen molar-refractivity contribution < 1.29 is 14.0 Å². The van der Waals surface area contributed by atoms with E-state index in [1.54, 1.807) is 17.0 Å². The Hall–Kier alpha value is -3.15.